The van der Waals surface area contributed by atoms with Crippen LogP contribution in [0.25, 0.3) is 0 Å². The second-order valence-electron chi connectivity index (χ2n) is 6.89. The Morgan fingerprint density at radius 1 is 1.00 bits per heavy atom. The lowest BCUT2D eigenvalue weighted by Gasteiger charge is -2.17. The zero-order valence-corrected chi connectivity index (χ0v) is 16.8. The third kappa shape index (κ3) is 5.39. The molecule has 6 nitrogen and oxygen atoms in total. The highest BCUT2D eigenvalue weighted by Gasteiger charge is 2.12. The second-order valence-corrected chi connectivity index (χ2v) is 6.89. The molecule has 2 N–H and O–H groups in total. The molecule has 1 amide bonds. The van der Waals surface area contributed by atoms with Gasteiger partial charge in [-0.3, -0.25) is 4.79 Å². The average Bonchev–Trinajstić information content (AvgIpc) is 3.25. The van der Waals surface area contributed by atoms with Crippen LogP contribution in [0.5, 0.6) is 11.5 Å². The Hall–Kier alpha value is -3.25. The standard InChI is InChI=1S/C23H25NO5/c1-15-6-7-16(2)22(17(15)3)29-14-19(25)13-28-20-10-8-18(9-11-20)24-23(26)21-5-4-12-27-21/h4-12,19,25H,13-14H2,1-3H3,(H,24,26)/t19-/m1/s1. The normalized spacial score (nSPS) is 11.7. The van der Waals surface area contributed by atoms with Crippen molar-refractivity contribution in [2.75, 3.05) is 18.5 Å². The molecule has 0 aliphatic carbocycles. The zero-order chi connectivity index (χ0) is 20.8. The van der Waals surface area contributed by atoms with Crippen LogP contribution in [0.2, 0.25) is 0 Å². The van der Waals surface area contributed by atoms with Gasteiger partial charge in [0.05, 0.1) is 6.26 Å². The molecule has 0 unspecified atom stereocenters. The van der Waals surface area contributed by atoms with Crippen LogP contribution >= 0.6 is 0 Å². The van der Waals surface area contributed by atoms with Gasteiger partial charge in [-0.1, -0.05) is 12.1 Å². The SMILES string of the molecule is Cc1ccc(C)c(OC[C@H](O)COc2ccc(NC(=O)c3ccco3)cc2)c1C. The summed E-state index contributed by atoms with van der Waals surface area (Å²) in [5, 5.41) is 12.9. The summed E-state index contributed by atoms with van der Waals surface area (Å²) in [4.78, 5) is 11.9. The lowest BCUT2D eigenvalue weighted by atomic mass is 10.1. The van der Waals surface area contributed by atoms with Crippen LogP contribution in [0.15, 0.2) is 59.2 Å². The van der Waals surface area contributed by atoms with Crippen LogP contribution in [-0.4, -0.2) is 30.3 Å². The summed E-state index contributed by atoms with van der Waals surface area (Å²) < 4.78 is 16.5. The molecule has 0 saturated carbocycles. The van der Waals surface area contributed by atoms with E-state index >= 15 is 0 Å². The summed E-state index contributed by atoms with van der Waals surface area (Å²) in [6.07, 6.45) is 0.676. The Morgan fingerprint density at radius 3 is 2.38 bits per heavy atom. The van der Waals surface area contributed by atoms with Crippen molar-refractivity contribution in [1.29, 1.82) is 0 Å². The zero-order valence-electron chi connectivity index (χ0n) is 16.8. The maximum absolute atomic E-state index is 11.9. The van der Waals surface area contributed by atoms with Crippen LogP contribution < -0.4 is 14.8 Å². The quantitative estimate of drug-likeness (QED) is 0.595. The number of hydrogen-bond acceptors (Lipinski definition) is 5. The Morgan fingerprint density at radius 2 is 1.69 bits per heavy atom. The van der Waals surface area contributed by atoms with Crippen molar-refractivity contribution in [1.82, 2.24) is 0 Å². The highest BCUT2D eigenvalue weighted by atomic mass is 16.5. The first-order valence-corrected chi connectivity index (χ1v) is 9.39. The van der Waals surface area contributed by atoms with E-state index in [-0.39, 0.29) is 24.9 Å². The number of nitrogens with one attached hydrogen (secondary N) is 1. The fourth-order valence-corrected chi connectivity index (χ4v) is 2.80. The summed E-state index contributed by atoms with van der Waals surface area (Å²) in [6.45, 7) is 6.26. The number of aliphatic hydroxyl groups is 1. The number of aryl methyl sites for hydroxylation is 2. The van der Waals surface area contributed by atoms with E-state index in [1.807, 2.05) is 26.8 Å². The highest BCUT2D eigenvalue weighted by molar-refractivity contribution is 6.02. The number of anilines is 1. The number of aliphatic hydroxyl groups excluding tert-OH is 1. The summed E-state index contributed by atoms with van der Waals surface area (Å²) in [5.74, 6) is 1.31. The van der Waals surface area contributed by atoms with Crippen LogP contribution in [-0.2, 0) is 0 Å². The number of carbonyl (C=O) groups excluding carboxylic acids is 1. The monoisotopic (exact) mass is 395 g/mol. The molecular formula is C23H25NO5. The number of amides is 1. The minimum absolute atomic E-state index is 0.0992. The third-order valence-corrected chi connectivity index (χ3v) is 4.59. The van der Waals surface area contributed by atoms with Gasteiger partial charge in [0.25, 0.3) is 5.91 Å². The molecule has 0 bridgehead atoms. The molecule has 0 aliphatic rings. The third-order valence-electron chi connectivity index (χ3n) is 4.59. The number of furan rings is 1. The summed E-state index contributed by atoms with van der Waals surface area (Å²) in [5.41, 5.74) is 3.88. The van der Waals surface area contributed by atoms with Gasteiger partial charge in [-0.25, -0.2) is 0 Å². The number of ether oxygens (including phenoxy) is 2. The maximum Gasteiger partial charge on any atom is 0.291 e. The van der Waals surface area contributed by atoms with Crippen molar-refractivity contribution in [2.24, 2.45) is 0 Å². The van der Waals surface area contributed by atoms with E-state index in [9.17, 15) is 9.90 Å². The molecule has 3 rings (SSSR count). The van der Waals surface area contributed by atoms with E-state index in [1.54, 1.807) is 36.4 Å². The molecule has 3 aromatic rings. The Kier molecular flexibility index (Phi) is 6.57. The van der Waals surface area contributed by atoms with Crippen LogP contribution in [0.1, 0.15) is 27.2 Å². The topological polar surface area (TPSA) is 80.9 Å². The molecule has 1 heterocycles. The fraction of sp³-hybridized carbons (Fsp3) is 0.261. The van der Waals surface area contributed by atoms with Gasteiger partial charge in [-0.2, -0.15) is 0 Å². The molecule has 1 aromatic heterocycles. The number of rotatable bonds is 8. The van der Waals surface area contributed by atoms with Gasteiger partial charge in [0.1, 0.15) is 30.8 Å². The van der Waals surface area contributed by atoms with Gasteiger partial charge >= 0.3 is 0 Å². The molecule has 29 heavy (non-hydrogen) atoms. The number of benzene rings is 2. The first-order chi connectivity index (χ1) is 13.9. The van der Waals surface area contributed by atoms with Crippen molar-refractivity contribution in [3.63, 3.8) is 0 Å². The van der Waals surface area contributed by atoms with Crippen molar-refractivity contribution in [3.8, 4) is 11.5 Å². The van der Waals surface area contributed by atoms with Crippen molar-refractivity contribution in [3.05, 3.63) is 77.2 Å². The largest absolute Gasteiger partial charge is 0.491 e. The number of hydrogen-bond donors (Lipinski definition) is 2. The maximum atomic E-state index is 11.9. The predicted molar refractivity (Wildman–Crippen MR) is 111 cm³/mol. The summed E-state index contributed by atoms with van der Waals surface area (Å²) >= 11 is 0. The lowest BCUT2D eigenvalue weighted by molar-refractivity contribution is 0.0621. The minimum Gasteiger partial charge on any atom is -0.491 e. The van der Waals surface area contributed by atoms with Gasteiger partial charge in [0.15, 0.2) is 5.76 Å². The summed E-state index contributed by atoms with van der Waals surface area (Å²) in [6, 6.07) is 14.2. The van der Waals surface area contributed by atoms with Crippen molar-refractivity contribution < 1.29 is 23.8 Å². The number of carbonyl (C=O) groups is 1. The van der Waals surface area contributed by atoms with Crippen molar-refractivity contribution >= 4 is 11.6 Å². The van der Waals surface area contributed by atoms with Crippen molar-refractivity contribution in [2.45, 2.75) is 26.9 Å². The van der Waals surface area contributed by atoms with Crippen LogP contribution in [0.3, 0.4) is 0 Å². The molecule has 6 heteroatoms. The summed E-state index contributed by atoms with van der Waals surface area (Å²) in [7, 11) is 0. The van der Waals surface area contributed by atoms with E-state index in [0.717, 1.165) is 22.4 Å². The molecule has 0 radical (unpaired) electrons. The Balaban J connectivity index is 1.47. The van der Waals surface area contributed by atoms with E-state index in [4.69, 9.17) is 13.9 Å². The molecule has 0 aliphatic heterocycles. The van der Waals surface area contributed by atoms with Gasteiger partial charge in [0, 0.05) is 5.69 Å². The van der Waals surface area contributed by atoms with E-state index in [0.29, 0.717) is 11.4 Å². The predicted octanol–water partition coefficient (Wildman–Crippen LogP) is 4.28. The molecule has 2 aromatic carbocycles. The molecule has 0 saturated heterocycles. The lowest BCUT2D eigenvalue weighted by Crippen LogP contribution is -2.25. The van der Waals surface area contributed by atoms with Gasteiger partial charge < -0.3 is 24.3 Å². The first-order valence-electron chi connectivity index (χ1n) is 9.39. The van der Waals surface area contributed by atoms with Gasteiger partial charge in [-0.05, 0) is 73.9 Å². The molecule has 152 valence electrons. The van der Waals surface area contributed by atoms with Crippen LogP contribution in [0.4, 0.5) is 5.69 Å². The minimum atomic E-state index is -0.771. The van der Waals surface area contributed by atoms with Gasteiger partial charge in [-0.15, -0.1) is 0 Å². The molecular weight excluding hydrogens is 370 g/mol. The molecule has 0 fully saturated rings. The van der Waals surface area contributed by atoms with E-state index < -0.39 is 6.10 Å². The second kappa shape index (κ2) is 9.30. The van der Waals surface area contributed by atoms with Crippen LogP contribution in [0, 0.1) is 20.8 Å². The van der Waals surface area contributed by atoms with Gasteiger partial charge in [0.2, 0.25) is 0 Å². The van der Waals surface area contributed by atoms with E-state index in [2.05, 4.69) is 11.4 Å². The highest BCUT2D eigenvalue weighted by Crippen LogP contribution is 2.26. The Bertz CT molecular complexity index is 948. The fourth-order valence-electron chi connectivity index (χ4n) is 2.80. The average molecular weight is 395 g/mol. The Labute approximate surface area is 170 Å². The van der Waals surface area contributed by atoms with E-state index in [1.165, 1.54) is 6.26 Å². The smallest absolute Gasteiger partial charge is 0.291 e. The molecule has 1 atom stereocenters. The molecule has 0 spiro atoms. The first kappa shape index (κ1) is 20.5.